The number of rotatable bonds is 3. The highest BCUT2D eigenvalue weighted by atomic mass is 33.1. The standard InChI is InChI=1S/C10H21NOS2/c1-7(2)11-6-8(3)12-9(11)10(4,5)14-13/h7-9,13H,6H2,1-5H3/t8-,9?/m0/s1. The second kappa shape index (κ2) is 4.64. The highest BCUT2D eigenvalue weighted by Crippen LogP contribution is 2.38. The molecule has 84 valence electrons. The van der Waals surface area contributed by atoms with Crippen molar-refractivity contribution in [3.05, 3.63) is 0 Å². The average molecular weight is 235 g/mol. The molecule has 1 saturated heterocycles. The van der Waals surface area contributed by atoms with Gasteiger partial charge in [-0.3, -0.25) is 4.90 Å². The van der Waals surface area contributed by atoms with E-state index in [0.29, 0.717) is 12.1 Å². The van der Waals surface area contributed by atoms with E-state index in [2.05, 4.69) is 51.2 Å². The number of ether oxygens (including phenoxy) is 1. The van der Waals surface area contributed by atoms with Gasteiger partial charge in [0.1, 0.15) is 6.23 Å². The molecule has 1 aliphatic heterocycles. The molecule has 0 amide bonds. The van der Waals surface area contributed by atoms with Crippen molar-refractivity contribution >= 4 is 22.5 Å². The quantitative estimate of drug-likeness (QED) is 0.597. The van der Waals surface area contributed by atoms with Gasteiger partial charge < -0.3 is 4.74 Å². The number of nitrogens with zero attached hydrogens (tertiary/aromatic N) is 1. The third-order valence-corrected chi connectivity index (χ3v) is 4.71. The van der Waals surface area contributed by atoms with Crippen molar-refractivity contribution in [3.8, 4) is 0 Å². The normalized spacial score (nSPS) is 30.2. The van der Waals surface area contributed by atoms with Crippen molar-refractivity contribution in [2.24, 2.45) is 0 Å². The summed E-state index contributed by atoms with van der Waals surface area (Å²) in [4.78, 5) is 2.41. The zero-order valence-corrected chi connectivity index (χ0v) is 11.4. The summed E-state index contributed by atoms with van der Waals surface area (Å²) in [5.41, 5.74) is 0. The topological polar surface area (TPSA) is 12.5 Å². The summed E-state index contributed by atoms with van der Waals surface area (Å²) in [5, 5.41) is 0. The zero-order valence-electron chi connectivity index (χ0n) is 9.65. The lowest BCUT2D eigenvalue weighted by molar-refractivity contribution is -0.0230. The fourth-order valence-corrected chi connectivity index (χ4v) is 2.38. The van der Waals surface area contributed by atoms with Crippen LogP contribution in [0.3, 0.4) is 0 Å². The Morgan fingerprint density at radius 3 is 2.50 bits per heavy atom. The highest BCUT2D eigenvalue weighted by molar-refractivity contribution is 8.69. The van der Waals surface area contributed by atoms with E-state index in [4.69, 9.17) is 4.74 Å². The summed E-state index contributed by atoms with van der Waals surface area (Å²) in [5.74, 6) is 0. The molecule has 0 aliphatic carbocycles. The van der Waals surface area contributed by atoms with Gasteiger partial charge in [-0.05, 0) is 34.6 Å². The smallest absolute Gasteiger partial charge is 0.126 e. The van der Waals surface area contributed by atoms with Crippen LogP contribution in [-0.2, 0) is 4.74 Å². The van der Waals surface area contributed by atoms with Gasteiger partial charge in [0.05, 0.1) is 10.9 Å². The summed E-state index contributed by atoms with van der Waals surface area (Å²) >= 11 is 4.32. The molecule has 0 N–H and O–H groups in total. The van der Waals surface area contributed by atoms with Gasteiger partial charge in [-0.15, -0.1) is 11.7 Å². The van der Waals surface area contributed by atoms with Crippen LogP contribution in [0.4, 0.5) is 0 Å². The molecule has 0 aromatic heterocycles. The molecule has 4 heteroatoms. The predicted octanol–water partition coefficient (Wildman–Crippen LogP) is 2.80. The Labute approximate surface area is 96.6 Å². The molecule has 1 aliphatic rings. The number of hydrogen-bond acceptors (Lipinski definition) is 4. The van der Waals surface area contributed by atoms with Crippen molar-refractivity contribution in [3.63, 3.8) is 0 Å². The van der Waals surface area contributed by atoms with Gasteiger partial charge in [0, 0.05) is 12.6 Å². The SMILES string of the molecule is CC(C)N1C[C@H](C)OC1C(C)(C)SS. The molecule has 1 heterocycles. The van der Waals surface area contributed by atoms with Crippen LogP contribution < -0.4 is 0 Å². The van der Waals surface area contributed by atoms with E-state index < -0.39 is 0 Å². The van der Waals surface area contributed by atoms with Crippen LogP contribution in [0.5, 0.6) is 0 Å². The Bertz CT molecular complexity index is 197. The maximum absolute atomic E-state index is 5.95. The number of hydrogen-bond donors (Lipinski definition) is 1. The highest BCUT2D eigenvalue weighted by Gasteiger charge is 2.42. The Morgan fingerprint density at radius 1 is 1.50 bits per heavy atom. The van der Waals surface area contributed by atoms with Gasteiger partial charge in [0.15, 0.2) is 0 Å². The van der Waals surface area contributed by atoms with Crippen LogP contribution in [-0.4, -0.2) is 34.6 Å². The summed E-state index contributed by atoms with van der Waals surface area (Å²) in [7, 11) is 1.58. The minimum atomic E-state index is 0.0398. The van der Waals surface area contributed by atoms with E-state index in [0.717, 1.165) is 6.54 Å². The van der Waals surface area contributed by atoms with Gasteiger partial charge in [0.25, 0.3) is 0 Å². The molecular formula is C10H21NOS2. The van der Waals surface area contributed by atoms with Crippen molar-refractivity contribution in [2.75, 3.05) is 6.54 Å². The van der Waals surface area contributed by atoms with Gasteiger partial charge >= 0.3 is 0 Å². The Balaban J connectivity index is 2.76. The van der Waals surface area contributed by atoms with Gasteiger partial charge in [-0.2, -0.15) is 0 Å². The Hall–Kier alpha value is 0.620. The number of thiol groups is 1. The lowest BCUT2D eigenvalue weighted by Gasteiger charge is -2.36. The molecule has 0 spiro atoms. The zero-order chi connectivity index (χ0) is 10.9. The van der Waals surface area contributed by atoms with Crippen LogP contribution in [0.2, 0.25) is 0 Å². The fourth-order valence-electron chi connectivity index (χ4n) is 1.82. The first-order valence-corrected chi connectivity index (χ1v) is 6.99. The van der Waals surface area contributed by atoms with Gasteiger partial charge in [0.2, 0.25) is 0 Å². The maximum Gasteiger partial charge on any atom is 0.126 e. The molecule has 0 radical (unpaired) electrons. The van der Waals surface area contributed by atoms with Crippen molar-refractivity contribution in [2.45, 2.75) is 57.7 Å². The van der Waals surface area contributed by atoms with Crippen LogP contribution in [0.15, 0.2) is 0 Å². The van der Waals surface area contributed by atoms with E-state index >= 15 is 0 Å². The van der Waals surface area contributed by atoms with Gasteiger partial charge in [-0.25, -0.2) is 0 Å². The summed E-state index contributed by atoms with van der Waals surface area (Å²) in [6.07, 6.45) is 0.516. The minimum absolute atomic E-state index is 0.0398. The lowest BCUT2D eigenvalue weighted by atomic mass is 10.1. The molecule has 1 fully saturated rings. The van der Waals surface area contributed by atoms with E-state index in [1.807, 2.05) is 0 Å². The van der Waals surface area contributed by atoms with E-state index in [-0.39, 0.29) is 11.0 Å². The monoisotopic (exact) mass is 235 g/mol. The maximum atomic E-state index is 5.95. The lowest BCUT2D eigenvalue weighted by Crippen LogP contribution is -2.46. The third-order valence-electron chi connectivity index (χ3n) is 2.62. The Morgan fingerprint density at radius 2 is 2.07 bits per heavy atom. The van der Waals surface area contributed by atoms with Crippen LogP contribution in [0.1, 0.15) is 34.6 Å². The predicted molar refractivity (Wildman–Crippen MR) is 66.8 cm³/mol. The van der Waals surface area contributed by atoms with Crippen LogP contribution in [0.25, 0.3) is 0 Å². The fraction of sp³-hybridized carbons (Fsp3) is 1.00. The molecule has 0 aromatic rings. The van der Waals surface area contributed by atoms with Crippen LogP contribution in [0, 0.1) is 0 Å². The molecule has 0 bridgehead atoms. The Kier molecular flexibility index (Phi) is 4.21. The van der Waals surface area contributed by atoms with Crippen LogP contribution >= 0.6 is 22.5 Å². The molecular weight excluding hydrogens is 214 g/mol. The van der Waals surface area contributed by atoms with E-state index in [9.17, 15) is 0 Å². The molecule has 2 nitrogen and oxygen atoms in total. The largest absolute Gasteiger partial charge is 0.357 e. The van der Waals surface area contributed by atoms with E-state index in [1.165, 1.54) is 0 Å². The molecule has 0 saturated carbocycles. The second-order valence-corrected chi connectivity index (χ2v) is 6.57. The minimum Gasteiger partial charge on any atom is -0.357 e. The molecule has 1 rings (SSSR count). The van der Waals surface area contributed by atoms with Crippen molar-refractivity contribution in [1.82, 2.24) is 4.90 Å². The summed E-state index contributed by atoms with van der Waals surface area (Å²) < 4.78 is 5.99. The molecule has 0 aromatic carbocycles. The average Bonchev–Trinajstić information content (AvgIpc) is 2.48. The molecule has 14 heavy (non-hydrogen) atoms. The first-order chi connectivity index (χ1) is 6.38. The summed E-state index contributed by atoms with van der Waals surface area (Å²) in [6, 6.07) is 0.532. The molecule has 1 unspecified atom stereocenters. The first kappa shape index (κ1) is 12.7. The third kappa shape index (κ3) is 2.60. The summed E-state index contributed by atoms with van der Waals surface area (Å²) in [6.45, 7) is 12.0. The van der Waals surface area contributed by atoms with E-state index in [1.54, 1.807) is 10.8 Å². The first-order valence-electron chi connectivity index (χ1n) is 5.12. The van der Waals surface area contributed by atoms with Crippen molar-refractivity contribution in [1.29, 1.82) is 0 Å². The molecule has 2 atom stereocenters. The van der Waals surface area contributed by atoms with Gasteiger partial charge in [-0.1, -0.05) is 10.8 Å². The van der Waals surface area contributed by atoms with Crippen molar-refractivity contribution < 1.29 is 4.74 Å². The second-order valence-electron chi connectivity index (χ2n) is 4.78.